The van der Waals surface area contributed by atoms with Crippen molar-refractivity contribution in [1.82, 2.24) is 10.3 Å². The number of nitrogens with one attached hydrogen (secondary N) is 1. The number of nitrogens with two attached hydrogens (primary N) is 1. The molecule has 20 heavy (non-hydrogen) atoms. The molecule has 0 aliphatic carbocycles. The molecule has 0 aromatic carbocycles. The number of nitrogen functional groups attached to an aromatic ring is 1. The third-order valence-corrected chi connectivity index (χ3v) is 3.67. The number of nitrogens with zero attached hydrogens (tertiary/aromatic N) is 1. The molecule has 0 aliphatic heterocycles. The maximum absolute atomic E-state index is 11.9. The molecule has 0 aliphatic rings. The van der Waals surface area contributed by atoms with E-state index >= 15 is 0 Å². The molecule has 0 saturated heterocycles. The minimum absolute atomic E-state index is 0.0624. The van der Waals surface area contributed by atoms with E-state index in [0.29, 0.717) is 24.3 Å². The number of amides is 1. The van der Waals surface area contributed by atoms with Gasteiger partial charge in [0.25, 0.3) is 5.91 Å². The molecule has 0 fully saturated rings. The highest BCUT2D eigenvalue weighted by atomic mass is 32.2. The number of pyridine rings is 1. The predicted molar refractivity (Wildman–Crippen MR) is 79.3 cm³/mol. The summed E-state index contributed by atoms with van der Waals surface area (Å²) in [5, 5.41) is 2.68. The Kier molecular flexibility index (Phi) is 5.94. The number of anilines is 1. The second kappa shape index (κ2) is 7.23. The van der Waals surface area contributed by atoms with E-state index in [2.05, 4.69) is 10.3 Å². The van der Waals surface area contributed by atoms with Gasteiger partial charge in [0.15, 0.2) is 0 Å². The minimum Gasteiger partial charge on any atom is -0.384 e. The number of carbonyl (C=O) groups excluding carboxylic acids is 1. The van der Waals surface area contributed by atoms with Gasteiger partial charge in [-0.2, -0.15) is 0 Å². The summed E-state index contributed by atoms with van der Waals surface area (Å²) in [6.45, 7) is 2.34. The lowest BCUT2D eigenvalue weighted by molar-refractivity contribution is 0.0953. The molecular weight excluding hydrogens is 278 g/mol. The molecule has 0 bridgehead atoms. The molecule has 0 unspecified atom stereocenters. The van der Waals surface area contributed by atoms with E-state index in [1.165, 1.54) is 12.3 Å². The van der Waals surface area contributed by atoms with E-state index in [1.807, 2.05) is 6.92 Å². The Balaban J connectivity index is 2.59. The van der Waals surface area contributed by atoms with Crippen molar-refractivity contribution < 1.29 is 13.2 Å². The van der Waals surface area contributed by atoms with Crippen molar-refractivity contribution in [1.29, 1.82) is 0 Å². The van der Waals surface area contributed by atoms with E-state index in [0.717, 1.165) is 18.5 Å². The maximum atomic E-state index is 11.9. The van der Waals surface area contributed by atoms with Crippen molar-refractivity contribution in [2.24, 2.45) is 0 Å². The monoisotopic (exact) mass is 299 g/mol. The molecule has 1 rings (SSSR count). The highest BCUT2D eigenvalue weighted by Crippen LogP contribution is 2.09. The molecule has 1 aromatic heterocycles. The van der Waals surface area contributed by atoms with Crippen LogP contribution in [0.4, 0.5) is 5.82 Å². The van der Waals surface area contributed by atoms with E-state index < -0.39 is 9.84 Å². The molecule has 1 heterocycles. The molecule has 1 aromatic rings. The summed E-state index contributed by atoms with van der Waals surface area (Å²) in [7, 11) is -2.99. The van der Waals surface area contributed by atoms with Gasteiger partial charge < -0.3 is 11.1 Å². The second-order valence-corrected chi connectivity index (χ2v) is 7.02. The highest BCUT2D eigenvalue weighted by molar-refractivity contribution is 7.90. The fourth-order valence-corrected chi connectivity index (χ4v) is 2.43. The average Bonchev–Trinajstić information content (AvgIpc) is 2.33. The molecule has 1 amide bonds. The molecular formula is C13H21N3O3S. The molecule has 3 N–H and O–H groups in total. The van der Waals surface area contributed by atoms with Gasteiger partial charge in [-0.1, -0.05) is 13.3 Å². The number of sulfone groups is 1. The lowest BCUT2D eigenvalue weighted by Gasteiger charge is -2.07. The van der Waals surface area contributed by atoms with Crippen molar-refractivity contribution in [3.05, 3.63) is 23.4 Å². The van der Waals surface area contributed by atoms with Gasteiger partial charge in [0.1, 0.15) is 15.7 Å². The summed E-state index contributed by atoms with van der Waals surface area (Å²) in [6.07, 6.45) is 3.26. The Morgan fingerprint density at radius 2 is 2.10 bits per heavy atom. The van der Waals surface area contributed by atoms with Gasteiger partial charge in [-0.15, -0.1) is 0 Å². The van der Waals surface area contributed by atoms with Gasteiger partial charge in [-0.05, 0) is 25.0 Å². The van der Waals surface area contributed by atoms with Crippen LogP contribution in [0.25, 0.3) is 0 Å². The maximum Gasteiger partial charge on any atom is 0.251 e. The van der Waals surface area contributed by atoms with Crippen LogP contribution in [-0.2, 0) is 16.3 Å². The van der Waals surface area contributed by atoms with Gasteiger partial charge >= 0.3 is 0 Å². The van der Waals surface area contributed by atoms with Gasteiger partial charge in [0.05, 0.1) is 5.75 Å². The average molecular weight is 299 g/mol. The molecule has 0 spiro atoms. The fraction of sp³-hybridized carbons (Fsp3) is 0.538. The standard InChI is InChI=1S/C13H21N3O3S/c1-3-5-11-8-10(9-12(14)16-11)13(17)15-6-4-7-20(2,18)19/h8-9H,3-7H2,1-2H3,(H2,14,16)(H,15,17). The summed E-state index contributed by atoms with van der Waals surface area (Å²) in [6, 6.07) is 3.23. The van der Waals surface area contributed by atoms with Crippen LogP contribution in [0.5, 0.6) is 0 Å². The van der Waals surface area contributed by atoms with Crippen LogP contribution in [0.1, 0.15) is 35.8 Å². The number of aryl methyl sites for hydroxylation is 1. The van der Waals surface area contributed by atoms with E-state index in [4.69, 9.17) is 5.73 Å². The Morgan fingerprint density at radius 3 is 2.70 bits per heavy atom. The van der Waals surface area contributed by atoms with Crippen LogP contribution >= 0.6 is 0 Å². The van der Waals surface area contributed by atoms with Crippen LogP contribution in [-0.4, -0.2) is 37.9 Å². The third kappa shape index (κ3) is 6.01. The minimum atomic E-state index is -2.99. The number of hydrogen-bond donors (Lipinski definition) is 2. The van der Waals surface area contributed by atoms with Crippen LogP contribution in [0.2, 0.25) is 0 Å². The van der Waals surface area contributed by atoms with E-state index in [-0.39, 0.29) is 11.7 Å². The largest absolute Gasteiger partial charge is 0.384 e. The van der Waals surface area contributed by atoms with Crippen LogP contribution in [0.3, 0.4) is 0 Å². The normalized spacial score (nSPS) is 11.3. The molecule has 0 radical (unpaired) electrons. The first-order valence-corrected chi connectivity index (χ1v) is 8.60. The van der Waals surface area contributed by atoms with Crippen molar-refractivity contribution >= 4 is 21.6 Å². The summed E-state index contributed by atoms with van der Waals surface area (Å²) in [5.74, 6) is 0.120. The molecule has 0 atom stereocenters. The van der Waals surface area contributed by atoms with Gasteiger partial charge in [-0.25, -0.2) is 13.4 Å². The second-order valence-electron chi connectivity index (χ2n) is 4.76. The zero-order valence-corrected chi connectivity index (χ0v) is 12.7. The quantitative estimate of drug-likeness (QED) is 0.724. The number of hydrogen-bond acceptors (Lipinski definition) is 5. The molecule has 0 saturated carbocycles. The zero-order chi connectivity index (χ0) is 15.2. The van der Waals surface area contributed by atoms with Crippen molar-refractivity contribution in [2.45, 2.75) is 26.2 Å². The fourth-order valence-electron chi connectivity index (χ4n) is 1.76. The van der Waals surface area contributed by atoms with E-state index in [9.17, 15) is 13.2 Å². The van der Waals surface area contributed by atoms with Gasteiger partial charge in [-0.3, -0.25) is 4.79 Å². The molecule has 6 nitrogen and oxygen atoms in total. The number of carbonyl (C=O) groups is 1. The Hall–Kier alpha value is -1.63. The predicted octanol–water partition coefficient (Wildman–Crippen LogP) is 0.781. The topological polar surface area (TPSA) is 102 Å². The lowest BCUT2D eigenvalue weighted by atomic mass is 10.1. The molecule has 7 heteroatoms. The first-order chi connectivity index (χ1) is 9.31. The SMILES string of the molecule is CCCc1cc(C(=O)NCCCS(C)(=O)=O)cc(N)n1. The van der Waals surface area contributed by atoms with Crippen LogP contribution in [0, 0.1) is 0 Å². The summed E-state index contributed by atoms with van der Waals surface area (Å²) >= 11 is 0. The first kappa shape index (κ1) is 16.4. The number of aromatic nitrogens is 1. The van der Waals surface area contributed by atoms with Gasteiger partial charge in [0.2, 0.25) is 0 Å². The lowest BCUT2D eigenvalue weighted by Crippen LogP contribution is -2.26. The van der Waals surface area contributed by atoms with Crippen molar-refractivity contribution in [2.75, 3.05) is 24.3 Å². The first-order valence-electron chi connectivity index (χ1n) is 6.54. The summed E-state index contributed by atoms with van der Waals surface area (Å²) in [4.78, 5) is 16.1. The Morgan fingerprint density at radius 1 is 1.40 bits per heavy atom. The van der Waals surface area contributed by atoms with Gasteiger partial charge in [0, 0.05) is 24.1 Å². The number of rotatable bonds is 7. The van der Waals surface area contributed by atoms with E-state index in [1.54, 1.807) is 6.07 Å². The third-order valence-electron chi connectivity index (χ3n) is 2.64. The highest BCUT2D eigenvalue weighted by Gasteiger charge is 2.09. The summed E-state index contributed by atoms with van der Waals surface area (Å²) in [5.41, 5.74) is 6.91. The van der Waals surface area contributed by atoms with Crippen LogP contribution in [0.15, 0.2) is 12.1 Å². The van der Waals surface area contributed by atoms with Crippen molar-refractivity contribution in [3.8, 4) is 0 Å². The van der Waals surface area contributed by atoms with Crippen LogP contribution < -0.4 is 11.1 Å². The molecule has 112 valence electrons. The zero-order valence-electron chi connectivity index (χ0n) is 11.8. The smallest absolute Gasteiger partial charge is 0.251 e. The summed E-state index contributed by atoms with van der Waals surface area (Å²) < 4.78 is 21.9. The Bertz CT molecular complexity index is 570. The van der Waals surface area contributed by atoms with Crippen molar-refractivity contribution in [3.63, 3.8) is 0 Å². The Labute approximate surface area is 119 Å².